The van der Waals surface area contributed by atoms with Crippen LogP contribution in [0.25, 0.3) is 87.3 Å². The Labute approximate surface area is 253 Å². The summed E-state index contributed by atoms with van der Waals surface area (Å²) in [6.45, 7) is 0. The number of para-hydroxylation sites is 3. The van der Waals surface area contributed by atoms with E-state index in [0.29, 0.717) is 0 Å². The number of benzene rings is 8. The molecule has 2 heteroatoms. The van der Waals surface area contributed by atoms with Crippen LogP contribution in [0.2, 0.25) is 0 Å². The molecule has 44 heavy (non-hydrogen) atoms. The van der Waals surface area contributed by atoms with Crippen molar-refractivity contribution < 1.29 is 0 Å². The van der Waals surface area contributed by atoms with E-state index in [9.17, 15) is 0 Å². The Morgan fingerprint density at radius 1 is 0.250 bits per heavy atom. The zero-order chi connectivity index (χ0) is 28.8. The summed E-state index contributed by atoms with van der Waals surface area (Å²) in [4.78, 5) is 0. The number of hydrogen-bond acceptors (Lipinski definition) is 0. The van der Waals surface area contributed by atoms with Crippen molar-refractivity contribution in [2.24, 2.45) is 0 Å². The van der Waals surface area contributed by atoms with E-state index >= 15 is 0 Å². The Morgan fingerprint density at radius 2 is 0.659 bits per heavy atom. The summed E-state index contributed by atoms with van der Waals surface area (Å²) in [5.74, 6) is 0. The first-order chi connectivity index (χ1) is 21.9. The quantitative estimate of drug-likeness (QED) is 0.187. The Kier molecular flexibility index (Phi) is 4.75. The average Bonchev–Trinajstić information content (AvgIpc) is 3.61. The second kappa shape index (κ2) is 8.82. The van der Waals surface area contributed by atoms with E-state index in [1.54, 1.807) is 0 Å². The minimum Gasteiger partial charge on any atom is -0.309 e. The molecule has 0 spiro atoms. The van der Waals surface area contributed by atoms with E-state index in [-0.39, 0.29) is 0 Å². The summed E-state index contributed by atoms with van der Waals surface area (Å²) in [6.07, 6.45) is 0. The Balaban J connectivity index is 1.36. The molecule has 0 aliphatic rings. The van der Waals surface area contributed by atoms with Gasteiger partial charge in [0.25, 0.3) is 0 Å². The topological polar surface area (TPSA) is 9.86 Å². The molecule has 8 aromatic carbocycles. The van der Waals surface area contributed by atoms with Gasteiger partial charge in [-0.1, -0.05) is 109 Å². The molecule has 2 heterocycles. The second-order valence-electron chi connectivity index (χ2n) is 11.7. The molecule has 0 aliphatic carbocycles. The molecule has 0 aliphatic heterocycles. The van der Waals surface area contributed by atoms with Gasteiger partial charge in [-0.3, -0.25) is 0 Å². The number of nitrogens with zero attached hydrogens (tertiary/aromatic N) is 2. The normalized spacial score (nSPS) is 12.1. The summed E-state index contributed by atoms with van der Waals surface area (Å²) >= 11 is 0. The summed E-state index contributed by atoms with van der Waals surface area (Å²) in [5, 5.41) is 12.9. The highest BCUT2D eigenvalue weighted by atomic mass is 15.0. The fourth-order valence-corrected chi connectivity index (χ4v) is 7.69. The summed E-state index contributed by atoms with van der Waals surface area (Å²) < 4.78 is 4.87. The van der Waals surface area contributed by atoms with Gasteiger partial charge in [0, 0.05) is 32.9 Å². The number of aromatic nitrogens is 2. The van der Waals surface area contributed by atoms with Crippen molar-refractivity contribution in [2.45, 2.75) is 0 Å². The van der Waals surface area contributed by atoms with Crippen LogP contribution in [0.1, 0.15) is 0 Å². The molecule has 0 unspecified atom stereocenters. The van der Waals surface area contributed by atoms with Crippen molar-refractivity contribution in [3.63, 3.8) is 0 Å². The lowest BCUT2D eigenvalue weighted by atomic mass is 9.94. The van der Waals surface area contributed by atoms with E-state index < -0.39 is 0 Å². The van der Waals surface area contributed by atoms with E-state index in [0.717, 1.165) is 0 Å². The third kappa shape index (κ3) is 3.09. The summed E-state index contributed by atoms with van der Waals surface area (Å²) in [5.41, 5.74) is 7.24. The molecule has 0 radical (unpaired) electrons. The van der Waals surface area contributed by atoms with Crippen LogP contribution in [-0.2, 0) is 0 Å². The molecule has 204 valence electrons. The van der Waals surface area contributed by atoms with Gasteiger partial charge in [-0.25, -0.2) is 0 Å². The molecule has 2 aromatic heterocycles. The maximum absolute atomic E-state index is 2.46. The van der Waals surface area contributed by atoms with Gasteiger partial charge in [0.05, 0.1) is 22.1 Å². The van der Waals surface area contributed by atoms with Gasteiger partial charge in [-0.15, -0.1) is 0 Å². The third-order valence-electron chi connectivity index (χ3n) is 9.47. The lowest BCUT2D eigenvalue weighted by Crippen LogP contribution is -1.95. The predicted molar refractivity (Wildman–Crippen MR) is 188 cm³/mol. The molecule has 10 aromatic rings. The highest BCUT2D eigenvalue weighted by molar-refractivity contribution is 6.29. The number of hydrogen-bond donors (Lipinski definition) is 0. The van der Waals surface area contributed by atoms with Gasteiger partial charge in [0.1, 0.15) is 0 Å². The SMILES string of the molecule is c1ccc(-n2c3ccccc3c3c4c5ccccc5n(-c5ccc6c7ccccc7c7ccccc7c6c5)c4ccc32)cc1. The average molecular weight is 559 g/mol. The highest BCUT2D eigenvalue weighted by Crippen LogP contribution is 2.43. The van der Waals surface area contributed by atoms with E-state index in [1.807, 2.05) is 0 Å². The molecule has 0 bridgehead atoms. The molecule has 0 atom stereocenters. The van der Waals surface area contributed by atoms with Gasteiger partial charge in [-0.2, -0.15) is 0 Å². The Bertz CT molecular complexity index is 2730. The van der Waals surface area contributed by atoms with Crippen LogP contribution in [0.15, 0.2) is 158 Å². The predicted octanol–water partition coefficient (Wildman–Crippen LogP) is 11.3. The zero-order valence-electron chi connectivity index (χ0n) is 23.9. The lowest BCUT2D eigenvalue weighted by Gasteiger charge is -2.14. The van der Waals surface area contributed by atoms with Crippen LogP contribution in [0.3, 0.4) is 0 Å². The van der Waals surface area contributed by atoms with Gasteiger partial charge in [0.15, 0.2) is 0 Å². The minimum absolute atomic E-state index is 1.18. The highest BCUT2D eigenvalue weighted by Gasteiger charge is 2.20. The first kappa shape index (κ1) is 23.7. The van der Waals surface area contributed by atoms with Gasteiger partial charge < -0.3 is 9.13 Å². The smallest absolute Gasteiger partial charge is 0.0548 e. The van der Waals surface area contributed by atoms with E-state index in [1.165, 1.54) is 87.3 Å². The van der Waals surface area contributed by atoms with Crippen molar-refractivity contribution in [1.29, 1.82) is 0 Å². The number of fused-ring (bicyclic) bond motifs is 13. The second-order valence-corrected chi connectivity index (χ2v) is 11.7. The monoisotopic (exact) mass is 558 g/mol. The molecule has 0 N–H and O–H groups in total. The number of rotatable bonds is 2. The Hall–Kier alpha value is -5.86. The molecule has 10 rings (SSSR count). The van der Waals surface area contributed by atoms with Crippen molar-refractivity contribution >= 4 is 75.9 Å². The lowest BCUT2D eigenvalue weighted by molar-refractivity contribution is 1.17. The fraction of sp³-hybridized carbons (Fsp3) is 0. The Morgan fingerprint density at radius 3 is 1.20 bits per heavy atom. The fourth-order valence-electron chi connectivity index (χ4n) is 7.69. The molecular formula is C42H26N2. The van der Waals surface area contributed by atoms with Gasteiger partial charge >= 0.3 is 0 Å². The third-order valence-corrected chi connectivity index (χ3v) is 9.47. The van der Waals surface area contributed by atoms with Crippen molar-refractivity contribution in [3.05, 3.63) is 158 Å². The molecule has 0 amide bonds. The summed E-state index contributed by atoms with van der Waals surface area (Å²) in [6, 6.07) is 57.7. The van der Waals surface area contributed by atoms with Gasteiger partial charge in [0.2, 0.25) is 0 Å². The molecule has 0 fully saturated rings. The standard InChI is InChI=1S/C42H26N2/c1-2-12-27(13-3-1)43-37-20-10-8-18-34(37)41-39(43)24-25-40-42(41)35-19-9-11-21-38(35)44(40)28-22-23-33-31-16-5-4-14-29(31)30-15-6-7-17-32(30)36(33)26-28/h1-26H. The van der Waals surface area contributed by atoms with Crippen LogP contribution >= 0.6 is 0 Å². The maximum Gasteiger partial charge on any atom is 0.0548 e. The molecular weight excluding hydrogens is 532 g/mol. The first-order valence-corrected chi connectivity index (χ1v) is 15.2. The molecule has 0 saturated carbocycles. The van der Waals surface area contributed by atoms with Crippen LogP contribution in [0.5, 0.6) is 0 Å². The van der Waals surface area contributed by atoms with Crippen molar-refractivity contribution in [1.82, 2.24) is 9.13 Å². The van der Waals surface area contributed by atoms with Crippen LogP contribution in [-0.4, -0.2) is 9.13 Å². The maximum atomic E-state index is 2.46. The van der Waals surface area contributed by atoms with Crippen LogP contribution in [0.4, 0.5) is 0 Å². The minimum atomic E-state index is 1.18. The first-order valence-electron chi connectivity index (χ1n) is 15.2. The van der Waals surface area contributed by atoms with Gasteiger partial charge in [-0.05, 0) is 80.8 Å². The van der Waals surface area contributed by atoms with Crippen LogP contribution in [0, 0.1) is 0 Å². The van der Waals surface area contributed by atoms with E-state index in [2.05, 4.69) is 167 Å². The molecule has 2 nitrogen and oxygen atoms in total. The molecule has 0 saturated heterocycles. The van der Waals surface area contributed by atoms with E-state index in [4.69, 9.17) is 0 Å². The van der Waals surface area contributed by atoms with Crippen molar-refractivity contribution in [2.75, 3.05) is 0 Å². The zero-order valence-corrected chi connectivity index (χ0v) is 23.9. The largest absolute Gasteiger partial charge is 0.309 e. The summed E-state index contributed by atoms with van der Waals surface area (Å²) in [7, 11) is 0. The van der Waals surface area contributed by atoms with Crippen LogP contribution < -0.4 is 0 Å². The van der Waals surface area contributed by atoms with Crippen molar-refractivity contribution in [3.8, 4) is 11.4 Å².